The number of likely N-dealkylation sites (tertiary alicyclic amines) is 1. The molecule has 6 heteroatoms. The van der Waals surface area contributed by atoms with E-state index in [9.17, 15) is 4.79 Å². The van der Waals surface area contributed by atoms with Crippen molar-refractivity contribution in [2.75, 3.05) is 19.7 Å². The lowest BCUT2D eigenvalue weighted by atomic mass is 10.00. The number of imidazole rings is 1. The average molecular weight is 332 g/mol. The number of carbonyl (C=O) groups is 1. The highest BCUT2D eigenvalue weighted by molar-refractivity contribution is 5.82. The van der Waals surface area contributed by atoms with E-state index < -0.39 is 0 Å². The molecule has 4 rings (SSSR count). The van der Waals surface area contributed by atoms with Crippen LogP contribution in [0, 0.1) is 5.92 Å². The van der Waals surface area contributed by atoms with Crippen molar-refractivity contribution in [3.63, 3.8) is 0 Å². The van der Waals surface area contributed by atoms with Crippen molar-refractivity contribution in [2.45, 2.75) is 56.7 Å². The standard InChI is InChI=1S/C18H28N4O2/c1-21-12-19-11-15(21)16-10-14(6-9-24-16)20-18(23)17(13-4-5-13)22-7-2-3-8-22/h11-14,16-17H,2-10H2,1H3,(H,20,23). The molecule has 3 unspecified atom stereocenters. The van der Waals surface area contributed by atoms with Gasteiger partial charge in [0.05, 0.1) is 24.3 Å². The first-order valence-electron chi connectivity index (χ1n) is 9.34. The van der Waals surface area contributed by atoms with E-state index in [1.165, 1.54) is 25.7 Å². The number of nitrogens with one attached hydrogen (secondary N) is 1. The van der Waals surface area contributed by atoms with Crippen LogP contribution in [0.15, 0.2) is 12.5 Å². The number of carbonyl (C=O) groups excluding carboxylic acids is 1. The number of ether oxygens (including phenoxy) is 1. The van der Waals surface area contributed by atoms with Crippen molar-refractivity contribution in [2.24, 2.45) is 13.0 Å². The van der Waals surface area contributed by atoms with Gasteiger partial charge in [-0.25, -0.2) is 4.98 Å². The van der Waals surface area contributed by atoms with E-state index in [0.717, 1.165) is 31.6 Å². The van der Waals surface area contributed by atoms with Gasteiger partial charge >= 0.3 is 0 Å². The molecule has 132 valence electrons. The number of rotatable bonds is 5. The summed E-state index contributed by atoms with van der Waals surface area (Å²) in [6, 6.07) is 0.306. The Bertz CT molecular complexity index is 577. The topological polar surface area (TPSA) is 59.4 Å². The van der Waals surface area contributed by atoms with E-state index in [0.29, 0.717) is 12.5 Å². The molecule has 3 fully saturated rings. The van der Waals surface area contributed by atoms with Crippen molar-refractivity contribution in [3.8, 4) is 0 Å². The molecule has 0 spiro atoms. The largest absolute Gasteiger partial charge is 0.372 e. The van der Waals surface area contributed by atoms with Crippen LogP contribution in [0.1, 0.15) is 50.3 Å². The molecule has 0 bridgehead atoms. The maximum Gasteiger partial charge on any atom is 0.237 e. The van der Waals surface area contributed by atoms with Crippen LogP contribution in [0.3, 0.4) is 0 Å². The second kappa shape index (κ2) is 6.84. The first-order chi connectivity index (χ1) is 11.7. The summed E-state index contributed by atoms with van der Waals surface area (Å²) in [5, 5.41) is 3.34. The molecule has 1 aliphatic carbocycles. The Morgan fingerprint density at radius 1 is 1.33 bits per heavy atom. The summed E-state index contributed by atoms with van der Waals surface area (Å²) >= 11 is 0. The van der Waals surface area contributed by atoms with Gasteiger partial charge in [0.2, 0.25) is 5.91 Å². The summed E-state index contributed by atoms with van der Waals surface area (Å²) in [6.45, 7) is 2.86. The van der Waals surface area contributed by atoms with E-state index in [1.54, 1.807) is 6.33 Å². The van der Waals surface area contributed by atoms with Crippen molar-refractivity contribution in [3.05, 3.63) is 18.2 Å². The Balaban J connectivity index is 1.38. The van der Waals surface area contributed by atoms with Crippen molar-refractivity contribution in [1.29, 1.82) is 0 Å². The first-order valence-corrected chi connectivity index (χ1v) is 9.34. The smallest absolute Gasteiger partial charge is 0.237 e. The molecule has 1 N–H and O–H groups in total. The first kappa shape index (κ1) is 16.1. The van der Waals surface area contributed by atoms with Gasteiger partial charge in [-0.1, -0.05) is 0 Å². The zero-order chi connectivity index (χ0) is 16.5. The lowest BCUT2D eigenvalue weighted by Crippen LogP contribution is -2.51. The van der Waals surface area contributed by atoms with Crippen molar-refractivity contribution >= 4 is 5.91 Å². The highest BCUT2D eigenvalue weighted by Crippen LogP contribution is 2.37. The van der Waals surface area contributed by atoms with Gasteiger partial charge in [-0.05, 0) is 57.5 Å². The zero-order valence-corrected chi connectivity index (χ0v) is 14.5. The number of aromatic nitrogens is 2. The Kier molecular flexibility index (Phi) is 4.59. The van der Waals surface area contributed by atoms with Gasteiger partial charge in [0.15, 0.2) is 0 Å². The summed E-state index contributed by atoms with van der Waals surface area (Å²) in [4.78, 5) is 19.5. The number of nitrogens with zero attached hydrogens (tertiary/aromatic N) is 3. The summed E-state index contributed by atoms with van der Waals surface area (Å²) in [5.74, 6) is 0.825. The lowest BCUT2D eigenvalue weighted by molar-refractivity contribution is -0.128. The van der Waals surface area contributed by atoms with E-state index in [4.69, 9.17) is 4.74 Å². The summed E-state index contributed by atoms with van der Waals surface area (Å²) in [6.07, 6.45) is 10.3. The molecule has 0 radical (unpaired) electrons. The molecule has 0 aromatic carbocycles. The molecular formula is C18H28N4O2. The van der Waals surface area contributed by atoms with Gasteiger partial charge in [-0.2, -0.15) is 0 Å². The second-order valence-corrected chi connectivity index (χ2v) is 7.54. The molecule has 3 heterocycles. The minimum Gasteiger partial charge on any atom is -0.372 e. The third-order valence-electron chi connectivity index (χ3n) is 5.69. The Morgan fingerprint density at radius 3 is 2.79 bits per heavy atom. The molecule has 1 aromatic heterocycles. The minimum absolute atomic E-state index is 0.0303. The molecular weight excluding hydrogens is 304 g/mol. The third kappa shape index (κ3) is 3.35. The number of aryl methyl sites for hydroxylation is 1. The Hall–Kier alpha value is -1.40. The quantitative estimate of drug-likeness (QED) is 0.890. The fraction of sp³-hybridized carbons (Fsp3) is 0.778. The van der Waals surface area contributed by atoms with Crippen molar-refractivity contribution < 1.29 is 9.53 Å². The van der Waals surface area contributed by atoms with E-state index in [1.807, 2.05) is 17.8 Å². The van der Waals surface area contributed by atoms with Gasteiger partial charge in [-0.3, -0.25) is 9.69 Å². The van der Waals surface area contributed by atoms with Crippen molar-refractivity contribution in [1.82, 2.24) is 19.8 Å². The van der Waals surface area contributed by atoms with E-state index >= 15 is 0 Å². The average Bonchev–Trinajstić information content (AvgIpc) is 3.07. The van der Waals surface area contributed by atoms with Crippen LogP contribution in [-0.2, 0) is 16.6 Å². The van der Waals surface area contributed by atoms with Gasteiger partial charge in [0, 0.05) is 19.7 Å². The predicted octanol–water partition coefficient (Wildman–Crippen LogP) is 1.63. The molecule has 1 aromatic rings. The van der Waals surface area contributed by atoms with Crippen LogP contribution >= 0.6 is 0 Å². The normalized spacial score (nSPS) is 29.5. The van der Waals surface area contributed by atoms with Crippen LogP contribution in [0.25, 0.3) is 0 Å². The minimum atomic E-state index is 0.0303. The van der Waals surface area contributed by atoms with Crippen LogP contribution in [0.2, 0.25) is 0 Å². The molecule has 6 nitrogen and oxygen atoms in total. The van der Waals surface area contributed by atoms with Gasteiger partial charge in [-0.15, -0.1) is 0 Å². The SMILES string of the molecule is Cn1cncc1C1CC(NC(=O)C(C2CC2)N2CCCC2)CCO1. The number of amides is 1. The fourth-order valence-corrected chi connectivity index (χ4v) is 4.21. The molecule has 3 aliphatic rings. The zero-order valence-electron chi connectivity index (χ0n) is 14.5. The summed E-state index contributed by atoms with van der Waals surface area (Å²) in [7, 11) is 1.99. The highest BCUT2D eigenvalue weighted by atomic mass is 16.5. The number of hydrogen-bond donors (Lipinski definition) is 1. The van der Waals surface area contributed by atoms with Crippen LogP contribution < -0.4 is 5.32 Å². The lowest BCUT2D eigenvalue weighted by Gasteiger charge is -2.33. The molecule has 3 atom stereocenters. The van der Waals surface area contributed by atoms with E-state index in [-0.39, 0.29) is 24.1 Å². The molecule has 1 saturated carbocycles. The Labute approximate surface area is 143 Å². The van der Waals surface area contributed by atoms with E-state index in [2.05, 4.69) is 15.2 Å². The van der Waals surface area contributed by atoms with Gasteiger partial charge in [0.25, 0.3) is 0 Å². The van der Waals surface area contributed by atoms with Crippen LogP contribution in [-0.4, -0.2) is 52.1 Å². The number of hydrogen-bond acceptors (Lipinski definition) is 4. The predicted molar refractivity (Wildman–Crippen MR) is 90.4 cm³/mol. The highest BCUT2D eigenvalue weighted by Gasteiger charge is 2.41. The van der Waals surface area contributed by atoms with Gasteiger partial charge < -0.3 is 14.6 Å². The maximum absolute atomic E-state index is 12.9. The molecule has 24 heavy (non-hydrogen) atoms. The Morgan fingerprint density at radius 2 is 2.12 bits per heavy atom. The van der Waals surface area contributed by atoms with Crippen LogP contribution in [0.4, 0.5) is 0 Å². The fourth-order valence-electron chi connectivity index (χ4n) is 4.21. The third-order valence-corrected chi connectivity index (χ3v) is 5.69. The molecule has 2 saturated heterocycles. The van der Waals surface area contributed by atoms with Crippen LogP contribution in [0.5, 0.6) is 0 Å². The van der Waals surface area contributed by atoms with Gasteiger partial charge in [0.1, 0.15) is 6.10 Å². The summed E-state index contributed by atoms with van der Waals surface area (Å²) < 4.78 is 7.92. The monoisotopic (exact) mass is 332 g/mol. The second-order valence-electron chi connectivity index (χ2n) is 7.54. The maximum atomic E-state index is 12.9. The molecule has 2 aliphatic heterocycles. The summed E-state index contributed by atoms with van der Waals surface area (Å²) in [5.41, 5.74) is 1.09. The molecule has 1 amide bonds.